The minimum absolute atomic E-state index is 0.0129. The normalized spacial score (nSPS) is 13.4. The van der Waals surface area contributed by atoms with Crippen molar-refractivity contribution in [2.75, 3.05) is 25.9 Å². The molecular weight excluding hydrogens is 368 g/mol. The van der Waals surface area contributed by atoms with Crippen LogP contribution in [0.2, 0.25) is 0 Å². The van der Waals surface area contributed by atoms with Gasteiger partial charge in [-0.1, -0.05) is 43.3 Å². The van der Waals surface area contributed by atoms with Gasteiger partial charge in [0.2, 0.25) is 10.0 Å². The molecule has 0 amide bonds. The van der Waals surface area contributed by atoms with Crippen LogP contribution in [-0.4, -0.2) is 40.3 Å². The quantitative estimate of drug-likeness (QED) is 0.449. The third kappa shape index (κ3) is 7.15. The van der Waals surface area contributed by atoms with E-state index in [-0.39, 0.29) is 12.3 Å². The maximum atomic E-state index is 12.1. The summed E-state index contributed by atoms with van der Waals surface area (Å²) in [5.74, 6) is 0.956. The Morgan fingerprint density at radius 2 is 1.92 bits per heavy atom. The molecule has 1 aromatic carbocycles. The van der Waals surface area contributed by atoms with Crippen molar-refractivity contribution >= 4 is 27.3 Å². The number of nitrogens with one attached hydrogen (secondary N) is 3. The van der Waals surface area contributed by atoms with E-state index in [1.807, 2.05) is 36.4 Å². The monoisotopic (exact) mass is 394 g/mol. The van der Waals surface area contributed by atoms with Gasteiger partial charge >= 0.3 is 0 Å². The number of rotatable bonds is 9. The molecule has 26 heavy (non-hydrogen) atoms. The number of benzene rings is 1. The molecule has 6 nitrogen and oxygen atoms in total. The summed E-state index contributed by atoms with van der Waals surface area (Å²) in [5.41, 5.74) is 0.934. The van der Waals surface area contributed by atoms with Crippen molar-refractivity contribution in [3.8, 4) is 0 Å². The van der Waals surface area contributed by atoms with Gasteiger partial charge in [-0.25, -0.2) is 13.1 Å². The highest BCUT2D eigenvalue weighted by Crippen LogP contribution is 2.19. The van der Waals surface area contributed by atoms with Gasteiger partial charge in [-0.3, -0.25) is 4.99 Å². The molecule has 0 saturated carbocycles. The zero-order chi connectivity index (χ0) is 18.8. The average Bonchev–Trinajstić information content (AvgIpc) is 3.18. The Hall–Kier alpha value is -1.90. The summed E-state index contributed by atoms with van der Waals surface area (Å²) < 4.78 is 26.8. The number of nitrogens with zero attached hydrogens (tertiary/aromatic N) is 1. The van der Waals surface area contributed by atoms with Gasteiger partial charge in [0.05, 0.1) is 5.75 Å². The molecular formula is C18H26N4O2S2. The second-order valence-electron chi connectivity index (χ2n) is 5.92. The Labute approximate surface area is 159 Å². The number of aliphatic imine (C=N–C) groups is 1. The van der Waals surface area contributed by atoms with Crippen molar-refractivity contribution in [3.63, 3.8) is 0 Å². The zero-order valence-corrected chi connectivity index (χ0v) is 16.7. The van der Waals surface area contributed by atoms with E-state index in [0.717, 1.165) is 12.1 Å². The highest BCUT2D eigenvalue weighted by Gasteiger charge is 2.11. The fraction of sp³-hybridized carbons (Fsp3) is 0.389. The second-order valence-corrected chi connectivity index (χ2v) is 8.83. The SMILES string of the molecule is CN=C(NCCS(=O)(=O)NCc1ccccc1)NCC(C)c1cccs1. The molecule has 0 spiro atoms. The van der Waals surface area contributed by atoms with E-state index in [0.29, 0.717) is 18.4 Å². The van der Waals surface area contributed by atoms with Crippen LogP contribution >= 0.6 is 11.3 Å². The average molecular weight is 395 g/mol. The molecule has 3 N–H and O–H groups in total. The zero-order valence-electron chi connectivity index (χ0n) is 15.1. The fourth-order valence-corrected chi connectivity index (χ4v) is 4.00. The lowest BCUT2D eigenvalue weighted by Crippen LogP contribution is -2.42. The first kappa shape index (κ1) is 20.4. The second kappa shape index (κ2) is 10.3. The largest absolute Gasteiger partial charge is 0.356 e. The van der Waals surface area contributed by atoms with Gasteiger partial charge in [0.25, 0.3) is 0 Å². The summed E-state index contributed by atoms with van der Waals surface area (Å²) in [6.45, 7) is 3.47. The van der Waals surface area contributed by atoms with Gasteiger partial charge in [0, 0.05) is 37.5 Å². The predicted octanol–water partition coefficient (Wildman–Crippen LogP) is 2.14. The highest BCUT2D eigenvalue weighted by atomic mass is 32.2. The van der Waals surface area contributed by atoms with E-state index >= 15 is 0 Å². The van der Waals surface area contributed by atoms with Gasteiger partial charge < -0.3 is 10.6 Å². The molecule has 8 heteroatoms. The maximum Gasteiger partial charge on any atom is 0.213 e. The minimum Gasteiger partial charge on any atom is -0.356 e. The summed E-state index contributed by atoms with van der Waals surface area (Å²) in [4.78, 5) is 5.44. The van der Waals surface area contributed by atoms with Gasteiger partial charge in [-0.2, -0.15) is 0 Å². The first-order valence-electron chi connectivity index (χ1n) is 8.49. The molecule has 1 aromatic heterocycles. The molecule has 1 heterocycles. The molecule has 0 saturated heterocycles. The summed E-state index contributed by atoms with van der Waals surface area (Å²) in [6, 6.07) is 13.6. The van der Waals surface area contributed by atoms with Crippen molar-refractivity contribution in [1.29, 1.82) is 0 Å². The van der Waals surface area contributed by atoms with Crippen LogP contribution in [-0.2, 0) is 16.6 Å². The van der Waals surface area contributed by atoms with Gasteiger partial charge in [0.15, 0.2) is 5.96 Å². The smallest absolute Gasteiger partial charge is 0.213 e. The Morgan fingerprint density at radius 3 is 2.58 bits per heavy atom. The van der Waals surface area contributed by atoms with Crippen molar-refractivity contribution in [3.05, 3.63) is 58.3 Å². The summed E-state index contributed by atoms with van der Waals surface area (Å²) >= 11 is 1.73. The predicted molar refractivity (Wildman–Crippen MR) is 109 cm³/mol. The molecule has 0 radical (unpaired) electrons. The summed E-state index contributed by atoms with van der Waals surface area (Å²) in [7, 11) is -1.67. The maximum absolute atomic E-state index is 12.1. The molecule has 2 rings (SSSR count). The summed E-state index contributed by atoms with van der Waals surface area (Å²) in [6.07, 6.45) is 0. The molecule has 1 unspecified atom stereocenters. The molecule has 0 aliphatic carbocycles. The summed E-state index contributed by atoms with van der Waals surface area (Å²) in [5, 5.41) is 8.34. The minimum atomic E-state index is -3.34. The molecule has 0 fully saturated rings. The molecule has 2 aromatic rings. The number of hydrogen-bond donors (Lipinski definition) is 3. The molecule has 0 aliphatic rings. The molecule has 0 aliphatic heterocycles. The third-order valence-electron chi connectivity index (χ3n) is 3.83. The first-order valence-corrected chi connectivity index (χ1v) is 11.0. The van der Waals surface area contributed by atoms with Gasteiger partial charge in [-0.15, -0.1) is 11.3 Å². The van der Waals surface area contributed by atoms with Crippen LogP contribution in [0.15, 0.2) is 52.8 Å². The Balaban J connectivity index is 1.70. The van der Waals surface area contributed by atoms with E-state index in [1.165, 1.54) is 4.88 Å². The fourth-order valence-electron chi connectivity index (χ4n) is 2.31. The van der Waals surface area contributed by atoms with Crippen LogP contribution in [0.25, 0.3) is 0 Å². The molecule has 1 atom stereocenters. The standard InChI is InChI=1S/C18H26N4O2S2/c1-15(17-9-6-11-25-17)13-21-18(19-2)20-10-12-26(23,24)22-14-16-7-4-3-5-8-16/h3-9,11,15,22H,10,12-14H2,1-2H3,(H2,19,20,21). The van der Waals surface area contributed by atoms with E-state index in [2.05, 4.69) is 38.7 Å². The Bertz CT molecular complexity index is 775. The van der Waals surface area contributed by atoms with Crippen molar-refractivity contribution in [2.45, 2.75) is 19.4 Å². The first-order chi connectivity index (χ1) is 12.5. The van der Waals surface area contributed by atoms with Crippen LogP contribution in [0, 0.1) is 0 Å². The van der Waals surface area contributed by atoms with E-state index < -0.39 is 10.0 Å². The van der Waals surface area contributed by atoms with Crippen LogP contribution in [0.1, 0.15) is 23.3 Å². The van der Waals surface area contributed by atoms with Gasteiger partial charge in [-0.05, 0) is 17.0 Å². The number of guanidine groups is 1. The third-order valence-corrected chi connectivity index (χ3v) is 6.26. The lowest BCUT2D eigenvalue weighted by molar-refractivity contribution is 0.579. The van der Waals surface area contributed by atoms with Crippen molar-refractivity contribution < 1.29 is 8.42 Å². The number of hydrogen-bond acceptors (Lipinski definition) is 4. The van der Waals surface area contributed by atoms with Crippen molar-refractivity contribution in [2.24, 2.45) is 4.99 Å². The topological polar surface area (TPSA) is 82.6 Å². The van der Waals surface area contributed by atoms with Crippen LogP contribution in [0.4, 0.5) is 0 Å². The van der Waals surface area contributed by atoms with Crippen LogP contribution in [0.5, 0.6) is 0 Å². The van der Waals surface area contributed by atoms with Crippen LogP contribution < -0.4 is 15.4 Å². The van der Waals surface area contributed by atoms with Crippen LogP contribution in [0.3, 0.4) is 0 Å². The Morgan fingerprint density at radius 1 is 1.15 bits per heavy atom. The van der Waals surface area contributed by atoms with Gasteiger partial charge in [0.1, 0.15) is 0 Å². The number of thiophene rings is 1. The highest BCUT2D eigenvalue weighted by molar-refractivity contribution is 7.89. The molecule has 0 bridgehead atoms. The Kier molecular flexibility index (Phi) is 8.08. The van der Waals surface area contributed by atoms with E-state index in [9.17, 15) is 8.42 Å². The van der Waals surface area contributed by atoms with Crippen molar-refractivity contribution in [1.82, 2.24) is 15.4 Å². The van der Waals surface area contributed by atoms with E-state index in [1.54, 1.807) is 18.4 Å². The molecule has 142 valence electrons. The lowest BCUT2D eigenvalue weighted by Gasteiger charge is -2.15. The number of sulfonamides is 1. The van der Waals surface area contributed by atoms with E-state index in [4.69, 9.17) is 0 Å². The lowest BCUT2D eigenvalue weighted by atomic mass is 10.1.